The van der Waals surface area contributed by atoms with Crippen molar-refractivity contribution in [2.75, 3.05) is 6.54 Å². The topological polar surface area (TPSA) is 74.5 Å². The molecule has 0 saturated heterocycles. The van der Waals surface area contributed by atoms with Crippen LogP contribution >= 0.6 is 0 Å². The second-order valence-corrected chi connectivity index (χ2v) is 6.11. The van der Waals surface area contributed by atoms with Gasteiger partial charge < -0.3 is 20.2 Å². The number of hydrogen-bond acceptors (Lipinski definition) is 3. The molecule has 3 N–H and O–H groups in total. The summed E-state index contributed by atoms with van der Waals surface area (Å²) in [5.41, 5.74) is 1.83. The van der Waals surface area contributed by atoms with Crippen molar-refractivity contribution in [3.8, 4) is 0 Å². The largest absolute Gasteiger partial charge is 0.459 e. The molecule has 25 heavy (non-hydrogen) atoms. The zero-order valence-corrected chi connectivity index (χ0v) is 14.1. The number of nitrogens with one attached hydrogen (secondary N) is 2. The maximum Gasteiger partial charge on any atom is 0.315 e. The van der Waals surface area contributed by atoms with E-state index in [9.17, 15) is 9.90 Å². The highest BCUT2D eigenvalue weighted by molar-refractivity contribution is 5.78. The third kappa shape index (κ3) is 4.61. The zero-order chi connectivity index (χ0) is 17.6. The number of para-hydroxylation sites is 1. The van der Waals surface area contributed by atoms with Crippen molar-refractivity contribution in [1.29, 1.82) is 0 Å². The lowest BCUT2D eigenvalue weighted by molar-refractivity contribution is 0.170. The predicted octanol–water partition coefficient (Wildman–Crippen LogP) is 3.40. The number of hydrogen-bond donors (Lipinski definition) is 3. The molecule has 0 saturated carbocycles. The maximum absolute atomic E-state index is 12.0. The van der Waals surface area contributed by atoms with Gasteiger partial charge in [-0.15, -0.1) is 0 Å². The molecule has 2 amide bonds. The number of urea groups is 1. The Hall–Kier alpha value is -2.79. The van der Waals surface area contributed by atoms with E-state index in [0.717, 1.165) is 16.5 Å². The van der Waals surface area contributed by atoms with Gasteiger partial charge in [-0.1, -0.05) is 48.5 Å². The summed E-state index contributed by atoms with van der Waals surface area (Å²) in [5.74, 6) is 0.696. The van der Waals surface area contributed by atoms with Crippen LogP contribution in [0.25, 0.3) is 11.0 Å². The van der Waals surface area contributed by atoms with Crippen LogP contribution in [0, 0.1) is 0 Å². The van der Waals surface area contributed by atoms with Gasteiger partial charge in [-0.3, -0.25) is 0 Å². The van der Waals surface area contributed by atoms with E-state index < -0.39 is 6.10 Å². The van der Waals surface area contributed by atoms with Crippen molar-refractivity contribution in [2.24, 2.45) is 0 Å². The van der Waals surface area contributed by atoms with Gasteiger partial charge in [0.2, 0.25) is 0 Å². The lowest BCUT2D eigenvalue weighted by atomic mass is 10.1. The molecule has 3 rings (SSSR count). The van der Waals surface area contributed by atoms with Crippen LogP contribution < -0.4 is 10.6 Å². The Balaban J connectivity index is 1.48. The summed E-state index contributed by atoms with van der Waals surface area (Å²) in [6, 6.07) is 18.7. The highest BCUT2D eigenvalue weighted by Crippen LogP contribution is 2.23. The predicted molar refractivity (Wildman–Crippen MR) is 97.3 cm³/mol. The molecule has 0 bridgehead atoms. The number of rotatable bonds is 6. The van der Waals surface area contributed by atoms with Crippen molar-refractivity contribution >= 4 is 17.0 Å². The van der Waals surface area contributed by atoms with Crippen LogP contribution in [-0.4, -0.2) is 23.8 Å². The summed E-state index contributed by atoms with van der Waals surface area (Å²) in [6.07, 6.45) is -0.130. The van der Waals surface area contributed by atoms with E-state index in [1.165, 1.54) is 0 Å². The van der Waals surface area contributed by atoms with Crippen molar-refractivity contribution in [3.63, 3.8) is 0 Å². The molecule has 0 spiro atoms. The molecule has 2 unspecified atom stereocenters. The van der Waals surface area contributed by atoms with Crippen LogP contribution in [0.1, 0.15) is 24.3 Å². The first kappa shape index (κ1) is 17.0. The molecule has 1 aromatic heterocycles. The fourth-order valence-electron chi connectivity index (χ4n) is 2.70. The summed E-state index contributed by atoms with van der Waals surface area (Å²) in [4.78, 5) is 12.0. The van der Waals surface area contributed by atoms with Crippen LogP contribution in [-0.2, 0) is 6.42 Å². The van der Waals surface area contributed by atoms with Gasteiger partial charge in [-0.2, -0.15) is 0 Å². The SMILES string of the molecule is CC(NC(=O)NCC(O)Cc1ccccc1)c1cc2ccccc2o1. The molecule has 2 aromatic carbocycles. The number of aliphatic hydroxyl groups is 1. The molecule has 2 atom stereocenters. The fraction of sp³-hybridized carbons (Fsp3) is 0.250. The summed E-state index contributed by atoms with van der Waals surface area (Å²) >= 11 is 0. The van der Waals surface area contributed by atoms with Gasteiger partial charge in [0.25, 0.3) is 0 Å². The first-order valence-electron chi connectivity index (χ1n) is 8.36. The first-order valence-corrected chi connectivity index (χ1v) is 8.36. The van der Waals surface area contributed by atoms with Gasteiger partial charge in [0, 0.05) is 18.4 Å². The molecule has 0 fully saturated rings. The molecular formula is C20H22N2O3. The van der Waals surface area contributed by atoms with Gasteiger partial charge in [-0.25, -0.2) is 4.79 Å². The average molecular weight is 338 g/mol. The van der Waals surface area contributed by atoms with Crippen LogP contribution in [0.5, 0.6) is 0 Å². The molecule has 1 heterocycles. The van der Waals surface area contributed by atoms with Crippen LogP contribution in [0.2, 0.25) is 0 Å². The Morgan fingerprint density at radius 1 is 1.12 bits per heavy atom. The van der Waals surface area contributed by atoms with Crippen LogP contribution in [0.3, 0.4) is 0 Å². The second kappa shape index (κ2) is 7.85. The number of carbonyl (C=O) groups excluding carboxylic acids is 1. The Labute approximate surface area is 146 Å². The number of amides is 2. The third-order valence-corrected chi connectivity index (χ3v) is 4.03. The molecule has 3 aromatic rings. The molecule has 0 radical (unpaired) electrons. The van der Waals surface area contributed by atoms with Gasteiger partial charge in [0.15, 0.2) is 0 Å². The normalized spacial score (nSPS) is 13.4. The lowest BCUT2D eigenvalue weighted by Crippen LogP contribution is -2.41. The number of furan rings is 1. The van der Waals surface area contributed by atoms with Crippen LogP contribution in [0.15, 0.2) is 65.1 Å². The summed E-state index contributed by atoms with van der Waals surface area (Å²) in [7, 11) is 0. The van der Waals surface area contributed by atoms with Crippen molar-refractivity contribution in [2.45, 2.75) is 25.5 Å². The fourth-order valence-corrected chi connectivity index (χ4v) is 2.70. The maximum atomic E-state index is 12.0. The minimum absolute atomic E-state index is 0.188. The Kier molecular flexibility index (Phi) is 5.36. The number of benzene rings is 2. The van der Waals surface area contributed by atoms with E-state index in [1.807, 2.05) is 67.6 Å². The minimum atomic E-state index is -0.630. The molecule has 0 aliphatic carbocycles. The highest BCUT2D eigenvalue weighted by Gasteiger charge is 2.15. The minimum Gasteiger partial charge on any atom is -0.459 e. The highest BCUT2D eigenvalue weighted by atomic mass is 16.3. The quantitative estimate of drug-likeness (QED) is 0.645. The molecule has 0 aliphatic heterocycles. The number of fused-ring (bicyclic) bond motifs is 1. The summed E-state index contributed by atoms with van der Waals surface area (Å²) in [5, 5.41) is 16.6. The van der Waals surface area contributed by atoms with Crippen molar-refractivity contribution in [1.82, 2.24) is 10.6 Å². The average Bonchev–Trinajstić information content (AvgIpc) is 3.05. The summed E-state index contributed by atoms with van der Waals surface area (Å²) in [6.45, 7) is 2.05. The van der Waals surface area contributed by atoms with E-state index >= 15 is 0 Å². The van der Waals surface area contributed by atoms with Crippen molar-refractivity contribution in [3.05, 3.63) is 72.0 Å². The van der Waals surface area contributed by atoms with Gasteiger partial charge in [0.1, 0.15) is 11.3 Å². The third-order valence-electron chi connectivity index (χ3n) is 4.03. The van der Waals surface area contributed by atoms with E-state index in [1.54, 1.807) is 0 Å². The first-order chi connectivity index (χ1) is 12.1. The Bertz CT molecular complexity index is 796. The smallest absolute Gasteiger partial charge is 0.315 e. The lowest BCUT2D eigenvalue weighted by Gasteiger charge is -2.15. The standard InChI is InChI=1S/C20H22N2O3/c1-14(19-12-16-9-5-6-10-18(16)25-19)22-20(24)21-13-17(23)11-15-7-3-2-4-8-15/h2-10,12,14,17,23H,11,13H2,1H3,(H2,21,22,24). The molecule has 5 nitrogen and oxygen atoms in total. The molecule has 5 heteroatoms. The number of aliphatic hydroxyl groups excluding tert-OH is 1. The number of carbonyl (C=O) groups is 1. The van der Waals surface area contributed by atoms with E-state index in [0.29, 0.717) is 12.2 Å². The van der Waals surface area contributed by atoms with Gasteiger partial charge >= 0.3 is 6.03 Å². The van der Waals surface area contributed by atoms with Crippen molar-refractivity contribution < 1.29 is 14.3 Å². The zero-order valence-electron chi connectivity index (χ0n) is 14.1. The Morgan fingerprint density at radius 3 is 2.60 bits per heavy atom. The van der Waals surface area contributed by atoms with E-state index in [2.05, 4.69) is 10.6 Å². The molecule has 0 aliphatic rings. The van der Waals surface area contributed by atoms with E-state index in [-0.39, 0.29) is 18.6 Å². The Morgan fingerprint density at radius 2 is 1.84 bits per heavy atom. The van der Waals surface area contributed by atoms with E-state index in [4.69, 9.17) is 4.42 Å². The second-order valence-electron chi connectivity index (χ2n) is 6.11. The monoisotopic (exact) mass is 338 g/mol. The molecular weight excluding hydrogens is 316 g/mol. The van der Waals surface area contributed by atoms with Crippen LogP contribution in [0.4, 0.5) is 4.79 Å². The van der Waals surface area contributed by atoms with Gasteiger partial charge in [0.05, 0.1) is 12.1 Å². The van der Waals surface area contributed by atoms with Gasteiger partial charge in [-0.05, 0) is 24.6 Å². The summed E-state index contributed by atoms with van der Waals surface area (Å²) < 4.78 is 5.74. The molecule has 130 valence electrons.